The first-order valence-electron chi connectivity index (χ1n) is 7.47. The number of hydrogen-bond acceptors (Lipinski definition) is 4. The number of rotatable bonds is 4. The lowest BCUT2D eigenvalue weighted by Gasteiger charge is -2.17. The van der Waals surface area contributed by atoms with E-state index in [4.69, 9.17) is 0 Å². The predicted octanol–water partition coefficient (Wildman–Crippen LogP) is 2.68. The Kier molecular flexibility index (Phi) is 3.90. The zero-order valence-electron chi connectivity index (χ0n) is 12.2. The monoisotopic (exact) mass is 284 g/mol. The van der Waals surface area contributed by atoms with Crippen molar-refractivity contribution in [3.05, 3.63) is 46.4 Å². The highest BCUT2D eigenvalue weighted by molar-refractivity contribution is 5.59. The van der Waals surface area contributed by atoms with Crippen LogP contribution in [0.5, 0.6) is 0 Å². The van der Waals surface area contributed by atoms with Crippen molar-refractivity contribution in [3.63, 3.8) is 0 Å². The van der Waals surface area contributed by atoms with Gasteiger partial charge in [-0.1, -0.05) is 6.92 Å². The average molecular weight is 284 g/mol. The molecule has 1 saturated heterocycles. The van der Waals surface area contributed by atoms with Crippen LogP contribution in [0.15, 0.2) is 35.1 Å². The minimum atomic E-state index is -0.127. The summed E-state index contributed by atoms with van der Waals surface area (Å²) in [6.07, 6.45) is 3.29. The quantitative estimate of drug-likeness (QED) is 0.906. The third-order valence-electron chi connectivity index (χ3n) is 3.76. The summed E-state index contributed by atoms with van der Waals surface area (Å²) in [5.41, 5.74) is 2.84. The van der Waals surface area contributed by atoms with E-state index in [0.29, 0.717) is 5.95 Å². The maximum absolute atomic E-state index is 11.5. The summed E-state index contributed by atoms with van der Waals surface area (Å²) >= 11 is 0. The second-order valence-electron chi connectivity index (χ2n) is 5.30. The van der Waals surface area contributed by atoms with Crippen molar-refractivity contribution < 1.29 is 0 Å². The molecule has 2 aromatic rings. The lowest BCUT2D eigenvalue weighted by molar-refractivity contribution is 0.949. The summed E-state index contributed by atoms with van der Waals surface area (Å²) in [7, 11) is 0. The first kappa shape index (κ1) is 13.7. The number of benzene rings is 1. The highest BCUT2D eigenvalue weighted by atomic mass is 16.1. The van der Waals surface area contributed by atoms with Gasteiger partial charge < -0.3 is 10.2 Å². The van der Waals surface area contributed by atoms with Gasteiger partial charge in [-0.25, -0.2) is 4.98 Å². The minimum absolute atomic E-state index is 0.127. The molecule has 0 saturated carbocycles. The number of H-pyrrole nitrogens is 1. The van der Waals surface area contributed by atoms with Crippen LogP contribution in [0.25, 0.3) is 0 Å². The van der Waals surface area contributed by atoms with Crippen molar-refractivity contribution in [3.8, 4) is 0 Å². The van der Waals surface area contributed by atoms with Gasteiger partial charge in [-0.05, 0) is 43.5 Å². The molecule has 0 radical (unpaired) electrons. The van der Waals surface area contributed by atoms with E-state index in [0.717, 1.165) is 30.9 Å². The molecule has 2 N–H and O–H groups in total. The zero-order valence-corrected chi connectivity index (χ0v) is 12.2. The van der Waals surface area contributed by atoms with Crippen LogP contribution in [0.2, 0.25) is 0 Å². The fourth-order valence-electron chi connectivity index (χ4n) is 2.62. The molecule has 1 fully saturated rings. The van der Waals surface area contributed by atoms with Crippen molar-refractivity contribution >= 4 is 17.3 Å². The van der Waals surface area contributed by atoms with Crippen LogP contribution in [0.3, 0.4) is 0 Å². The lowest BCUT2D eigenvalue weighted by atomic mass is 10.2. The molecule has 21 heavy (non-hydrogen) atoms. The van der Waals surface area contributed by atoms with E-state index in [9.17, 15) is 4.79 Å². The first-order valence-corrected chi connectivity index (χ1v) is 7.47. The molecule has 5 heteroatoms. The van der Waals surface area contributed by atoms with Gasteiger partial charge in [0.15, 0.2) is 0 Å². The van der Waals surface area contributed by atoms with Crippen LogP contribution < -0.4 is 15.8 Å². The van der Waals surface area contributed by atoms with Crippen molar-refractivity contribution in [2.24, 2.45) is 0 Å². The summed E-state index contributed by atoms with van der Waals surface area (Å²) in [6, 6.07) is 9.78. The summed E-state index contributed by atoms with van der Waals surface area (Å²) in [5.74, 6) is 0.494. The maximum Gasteiger partial charge on any atom is 0.252 e. The summed E-state index contributed by atoms with van der Waals surface area (Å²) < 4.78 is 0. The number of nitrogens with one attached hydrogen (secondary N) is 2. The van der Waals surface area contributed by atoms with Gasteiger partial charge in [-0.2, -0.15) is 0 Å². The van der Waals surface area contributed by atoms with Gasteiger partial charge in [0.05, 0.1) is 0 Å². The highest BCUT2D eigenvalue weighted by Gasteiger charge is 2.11. The second kappa shape index (κ2) is 5.99. The molecule has 0 atom stereocenters. The van der Waals surface area contributed by atoms with Crippen molar-refractivity contribution in [2.45, 2.75) is 26.2 Å². The van der Waals surface area contributed by atoms with Gasteiger partial charge in [-0.3, -0.25) is 9.78 Å². The Morgan fingerprint density at radius 3 is 2.62 bits per heavy atom. The fourth-order valence-corrected chi connectivity index (χ4v) is 2.62. The van der Waals surface area contributed by atoms with E-state index in [-0.39, 0.29) is 5.56 Å². The Morgan fingerprint density at radius 1 is 1.24 bits per heavy atom. The van der Waals surface area contributed by atoms with Crippen LogP contribution >= 0.6 is 0 Å². The second-order valence-corrected chi connectivity index (χ2v) is 5.30. The zero-order chi connectivity index (χ0) is 14.7. The topological polar surface area (TPSA) is 61.0 Å². The Morgan fingerprint density at radius 2 is 1.95 bits per heavy atom. The fraction of sp³-hybridized carbons (Fsp3) is 0.375. The van der Waals surface area contributed by atoms with Crippen LogP contribution in [0.4, 0.5) is 17.3 Å². The largest absolute Gasteiger partial charge is 0.372 e. The van der Waals surface area contributed by atoms with E-state index < -0.39 is 0 Å². The van der Waals surface area contributed by atoms with Crippen molar-refractivity contribution in [2.75, 3.05) is 23.3 Å². The van der Waals surface area contributed by atoms with Gasteiger partial charge in [0.2, 0.25) is 5.95 Å². The molecule has 3 rings (SSSR count). The molecule has 0 aliphatic carbocycles. The third-order valence-corrected chi connectivity index (χ3v) is 3.76. The molecule has 1 aromatic carbocycles. The number of anilines is 3. The Balaban J connectivity index is 1.75. The van der Waals surface area contributed by atoms with Crippen LogP contribution in [-0.4, -0.2) is 23.1 Å². The van der Waals surface area contributed by atoms with Gasteiger partial charge in [-0.15, -0.1) is 0 Å². The summed E-state index contributed by atoms with van der Waals surface area (Å²) in [5, 5.41) is 3.15. The molecule has 0 spiro atoms. The van der Waals surface area contributed by atoms with E-state index in [1.165, 1.54) is 24.6 Å². The van der Waals surface area contributed by atoms with Crippen LogP contribution in [0.1, 0.15) is 25.5 Å². The number of aromatic nitrogens is 2. The molecule has 5 nitrogen and oxygen atoms in total. The third kappa shape index (κ3) is 3.24. The molecule has 1 aliphatic heterocycles. The van der Waals surface area contributed by atoms with E-state index in [1.807, 2.05) is 19.1 Å². The summed E-state index contributed by atoms with van der Waals surface area (Å²) in [6.45, 7) is 4.26. The molecule has 0 unspecified atom stereocenters. The molecule has 1 aromatic heterocycles. The Labute approximate surface area is 124 Å². The molecular weight excluding hydrogens is 264 g/mol. The van der Waals surface area contributed by atoms with Gasteiger partial charge in [0.1, 0.15) is 0 Å². The summed E-state index contributed by atoms with van der Waals surface area (Å²) in [4.78, 5) is 21.0. The van der Waals surface area contributed by atoms with E-state index >= 15 is 0 Å². The standard InChI is InChI=1S/C16H20N4O/c1-2-12-11-15(21)19-16(17-12)18-13-5-7-14(8-6-13)20-9-3-4-10-20/h5-8,11H,2-4,9-10H2,1H3,(H2,17,18,19,21). The van der Waals surface area contributed by atoms with Crippen molar-refractivity contribution in [1.29, 1.82) is 0 Å². The molecule has 0 bridgehead atoms. The number of aryl methyl sites for hydroxylation is 1. The smallest absolute Gasteiger partial charge is 0.252 e. The maximum atomic E-state index is 11.5. The minimum Gasteiger partial charge on any atom is -0.372 e. The van der Waals surface area contributed by atoms with E-state index in [1.54, 1.807) is 0 Å². The molecule has 110 valence electrons. The van der Waals surface area contributed by atoms with Crippen LogP contribution in [0, 0.1) is 0 Å². The molecule has 1 aliphatic rings. The van der Waals surface area contributed by atoms with Gasteiger partial charge in [0, 0.05) is 36.2 Å². The van der Waals surface area contributed by atoms with Crippen LogP contribution in [-0.2, 0) is 6.42 Å². The lowest BCUT2D eigenvalue weighted by Crippen LogP contribution is -2.17. The van der Waals surface area contributed by atoms with E-state index in [2.05, 4.69) is 32.3 Å². The van der Waals surface area contributed by atoms with Crippen molar-refractivity contribution in [1.82, 2.24) is 9.97 Å². The highest BCUT2D eigenvalue weighted by Crippen LogP contribution is 2.22. The number of hydrogen-bond donors (Lipinski definition) is 2. The van der Waals surface area contributed by atoms with Gasteiger partial charge >= 0.3 is 0 Å². The average Bonchev–Trinajstić information content (AvgIpc) is 3.01. The Hall–Kier alpha value is -2.30. The first-order chi connectivity index (χ1) is 10.2. The number of aromatic amines is 1. The molecule has 0 amide bonds. The Bertz CT molecular complexity index is 657. The molecular formula is C16H20N4O. The SMILES string of the molecule is CCc1cc(=O)[nH]c(Nc2ccc(N3CCCC3)cc2)n1. The predicted molar refractivity (Wildman–Crippen MR) is 85.4 cm³/mol. The molecule has 2 heterocycles. The number of nitrogens with zero attached hydrogens (tertiary/aromatic N) is 2. The van der Waals surface area contributed by atoms with Gasteiger partial charge in [0.25, 0.3) is 5.56 Å². The normalized spacial score (nSPS) is 14.4.